The van der Waals surface area contributed by atoms with Crippen molar-refractivity contribution >= 4 is 28.5 Å². The lowest BCUT2D eigenvalue weighted by Gasteiger charge is -2.12. The first kappa shape index (κ1) is 19.2. The Morgan fingerprint density at radius 2 is 1.83 bits per heavy atom. The number of amides is 1. The lowest BCUT2D eigenvalue weighted by molar-refractivity contribution is 0.0954. The number of fused-ring (bicyclic) bond motifs is 1. The number of halogens is 1. The van der Waals surface area contributed by atoms with Crippen LogP contribution in [0.2, 0.25) is 5.02 Å². The summed E-state index contributed by atoms with van der Waals surface area (Å²) < 4.78 is 2.24. The highest BCUT2D eigenvalue weighted by Gasteiger charge is 2.12. The van der Waals surface area contributed by atoms with Gasteiger partial charge < -0.3 is 9.88 Å². The lowest BCUT2D eigenvalue weighted by atomic mass is 10.1. The van der Waals surface area contributed by atoms with Gasteiger partial charge in [0.25, 0.3) is 5.91 Å². The van der Waals surface area contributed by atoms with E-state index in [1.54, 1.807) is 24.3 Å². The van der Waals surface area contributed by atoms with E-state index in [9.17, 15) is 4.79 Å². The van der Waals surface area contributed by atoms with Crippen molar-refractivity contribution in [2.75, 3.05) is 6.54 Å². The van der Waals surface area contributed by atoms with Crippen LogP contribution in [0.5, 0.6) is 0 Å². The van der Waals surface area contributed by atoms with Gasteiger partial charge in [0.05, 0.1) is 11.0 Å². The van der Waals surface area contributed by atoms with E-state index in [1.165, 1.54) is 11.1 Å². The minimum Gasteiger partial charge on any atom is -0.352 e. The normalized spacial score (nSPS) is 11.0. The number of nitrogens with zero attached hydrogens (tertiary/aromatic N) is 2. The molecule has 0 bridgehead atoms. The summed E-state index contributed by atoms with van der Waals surface area (Å²) >= 11 is 5.98. The van der Waals surface area contributed by atoms with Gasteiger partial charge in [-0.15, -0.1) is 0 Å². The van der Waals surface area contributed by atoms with Crippen LogP contribution in [0.4, 0.5) is 0 Å². The quantitative estimate of drug-likeness (QED) is 0.491. The fourth-order valence-electron chi connectivity index (χ4n) is 3.47. The molecule has 0 saturated carbocycles. The molecule has 0 fully saturated rings. The summed E-state index contributed by atoms with van der Waals surface area (Å²) in [5.74, 6) is 0.829. The predicted molar refractivity (Wildman–Crippen MR) is 118 cm³/mol. The number of para-hydroxylation sites is 2. The third kappa shape index (κ3) is 4.33. The number of hydrogen-bond donors (Lipinski definition) is 1. The monoisotopic (exact) mass is 403 g/mol. The summed E-state index contributed by atoms with van der Waals surface area (Å²) in [6.07, 6.45) is 0.646. The number of benzene rings is 3. The van der Waals surface area contributed by atoms with Gasteiger partial charge in [-0.05, 0) is 48.4 Å². The summed E-state index contributed by atoms with van der Waals surface area (Å²) in [5, 5.41) is 3.52. The number of carbonyl (C=O) groups is 1. The average Bonchev–Trinajstić information content (AvgIpc) is 3.07. The zero-order valence-electron chi connectivity index (χ0n) is 16.2. The molecular weight excluding hydrogens is 382 g/mol. The van der Waals surface area contributed by atoms with Crippen LogP contribution < -0.4 is 5.32 Å². The van der Waals surface area contributed by atoms with Crippen molar-refractivity contribution in [3.63, 3.8) is 0 Å². The Hall–Kier alpha value is -3.11. The summed E-state index contributed by atoms with van der Waals surface area (Å²) in [5.41, 5.74) is 5.15. The van der Waals surface area contributed by atoms with Crippen LogP contribution in [0.1, 0.15) is 27.3 Å². The average molecular weight is 404 g/mol. The number of carbonyl (C=O) groups excluding carboxylic acids is 1. The molecule has 4 rings (SSSR count). The van der Waals surface area contributed by atoms with Crippen LogP contribution >= 0.6 is 11.6 Å². The molecule has 5 heteroatoms. The van der Waals surface area contributed by atoms with Crippen molar-refractivity contribution in [1.82, 2.24) is 14.9 Å². The van der Waals surface area contributed by atoms with Crippen molar-refractivity contribution in [2.45, 2.75) is 19.9 Å². The van der Waals surface area contributed by atoms with E-state index >= 15 is 0 Å². The van der Waals surface area contributed by atoms with Crippen molar-refractivity contribution in [3.05, 3.63) is 100 Å². The van der Waals surface area contributed by atoms with Gasteiger partial charge in [-0.25, -0.2) is 4.98 Å². The van der Waals surface area contributed by atoms with E-state index in [1.807, 2.05) is 18.2 Å². The van der Waals surface area contributed by atoms with Gasteiger partial charge in [-0.2, -0.15) is 0 Å². The number of aryl methyl sites for hydroxylation is 1. The van der Waals surface area contributed by atoms with Gasteiger partial charge in [0, 0.05) is 30.1 Å². The van der Waals surface area contributed by atoms with Crippen molar-refractivity contribution in [2.24, 2.45) is 0 Å². The molecule has 3 aromatic carbocycles. The van der Waals surface area contributed by atoms with E-state index in [0.717, 1.165) is 23.4 Å². The Morgan fingerprint density at radius 3 is 2.66 bits per heavy atom. The fourth-order valence-corrected chi connectivity index (χ4v) is 3.66. The minimum absolute atomic E-state index is 0.130. The highest BCUT2D eigenvalue weighted by molar-refractivity contribution is 6.30. The predicted octanol–water partition coefficient (Wildman–Crippen LogP) is 5.02. The SMILES string of the molecule is Cc1ccccc1Cn1c(CCNC(=O)c2cccc(Cl)c2)nc2ccccc21. The van der Waals surface area contributed by atoms with Gasteiger partial charge >= 0.3 is 0 Å². The summed E-state index contributed by atoms with van der Waals surface area (Å²) in [7, 11) is 0. The molecular formula is C24H22ClN3O. The number of imidazole rings is 1. The molecule has 0 saturated heterocycles. The van der Waals surface area contributed by atoms with Crippen molar-refractivity contribution in [1.29, 1.82) is 0 Å². The maximum Gasteiger partial charge on any atom is 0.251 e. The maximum absolute atomic E-state index is 12.4. The molecule has 1 heterocycles. The second-order valence-electron chi connectivity index (χ2n) is 7.05. The van der Waals surface area contributed by atoms with Crippen LogP contribution in [0.25, 0.3) is 11.0 Å². The van der Waals surface area contributed by atoms with E-state index in [-0.39, 0.29) is 5.91 Å². The molecule has 4 nitrogen and oxygen atoms in total. The van der Waals surface area contributed by atoms with Crippen LogP contribution in [-0.2, 0) is 13.0 Å². The smallest absolute Gasteiger partial charge is 0.251 e. The van der Waals surface area contributed by atoms with Crippen LogP contribution in [-0.4, -0.2) is 22.0 Å². The highest BCUT2D eigenvalue weighted by atomic mass is 35.5. The lowest BCUT2D eigenvalue weighted by Crippen LogP contribution is -2.26. The summed E-state index contributed by atoms with van der Waals surface area (Å²) in [6.45, 7) is 3.38. The summed E-state index contributed by atoms with van der Waals surface area (Å²) in [4.78, 5) is 17.2. The topological polar surface area (TPSA) is 46.9 Å². The van der Waals surface area contributed by atoms with E-state index in [4.69, 9.17) is 16.6 Å². The van der Waals surface area contributed by atoms with Crippen LogP contribution in [0, 0.1) is 6.92 Å². The van der Waals surface area contributed by atoms with Gasteiger partial charge in [0.2, 0.25) is 0 Å². The zero-order chi connectivity index (χ0) is 20.2. The molecule has 0 aliphatic carbocycles. The van der Waals surface area contributed by atoms with Gasteiger partial charge in [0.1, 0.15) is 5.82 Å². The standard InChI is InChI=1S/C24H22ClN3O/c1-17-7-2-3-8-19(17)16-28-22-12-5-4-11-21(22)27-23(28)13-14-26-24(29)18-9-6-10-20(25)15-18/h2-12,15H,13-14,16H2,1H3,(H,26,29). The Morgan fingerprint density at radius 1 is 1.03 bits per heavy atom. The minimum atomic E-state index is -0.130. The first-order valence-electron chi connectivity index (χ1n) is 9.64. The summed E-state index contributed by atoms with van der Waals surface area (Å²) in [6, 6.07) is 23.5. The Labute approximate surface area is 175 Å². The fraction of sp³-hybridized carbons (Fsp3) is 0.167. The number of rotatable bonds is 6. The molecule has 4 aromatic rings. The van der Waals surface area contributed by atoms with Crippen molar-refractivity contribution < 1.29 is 4.79 Å². The molecule has 146 valence electrons. The number of hydrogen-bond acceptors (Lipinski definition) is 2. The van der Waals surface area contributed by atoms with Gasteiger partial charge in [0.15, 0.2) is 0 Å². The van der Waals surface area contributed by atoms with Gasteiger partial charge in [-0.1, -0.05) is 54.1 Å². The largest absolute Gasteiger partial charge is 0.352 e. The van der Waals surface area contributed by atoms with E-state index in [0.29, 0.717) is 23.6 Å². The molecule has 1 amide bonds. The molecule has 1 aromatic heterocycles. The molecule has 0 spiro atoms. The third-order valence-electron chi connectivity index (χ3n) is 5.04. The molecule has 29 heavy (non-hydrogen) atoms. The Balaban J connectivity index is 1.54. The second kappa shape index (κ2) is 8.50. The first-order valence-corrected chi connectivity index (χ1v) is 10.0. The zero-order valence-corrected chi connectivity index (χ0v) is 17.0. The van der Waals surface area contributed by atoms with E-state index in [2.05, 4.69) is 47.1 Å². The first-order chi connectivity index (χ1) is 14.1. The molecule has 0 atom stereocenters. The maximum atomic E-state index is 12.4. The Kier molecular flexibility index (Phi) is 5.63. The highest BCUT2D eigenvalue weighted by Crippen LogP contribution is 2.20. The molecule has 0 radical (unpaired) electrons. The third-order valence-corrected chi connectivity index (χ3v) is 5.28. The molecule has 0 aliphatic rings. The molecule has 0 aliphatic heterocycles. The Bertz CT molecular complexity index is 1170. The van der Waals surface area contributed by atoms with Crippen LogP contribution in [0.15, 0.2) is 72.8 Å². The van der Waals surface area contributed by atoms with Crippen molar-refractivity contribution in [3.8, 4) is 0 Å². The molecule has 1 N–H and O–H groups in total. The van der Waals surface area contributed by atoms with Crippen LogP contribution in [0.3, 0.4) is 0 Å². The second-order valence-corrected chi connectivity index (χ2v) is 7.48. The van der Waals surface area contributed by atoms with Gasteiger partial charge in [-0.3, -0.25) is 4.79 Å². The number of aromatic nitrogens is 2. The number of nitrogens with one attached hydrogen (secondary N) is 1. The van der Waals surface area contributed by atoms with E-state index < -0.39 is 0 Å². The molecule has 0 unspecified atom stereocenters.